The van der Waals surface area contributed by atoms with Crippen molar-refractivity contribution in [3.05, 3.63) is 42.2 Å². The van der Waals surface area contributed by atoms with Crippen molar-refractivity contribution in [2.24, 2.45) is 0 Å². The number of carbonyl (C=O) groups is 2. The van der Waals surface area contributed by atoms with Crippen molar-refractivity contribution in [2.45, 2.75) is 59.3 Å². The van der Waals surface area contributed by atoms with Gasteiger partial charge >= 0.3 is 12.2 Å². The molecule has 2 aromatic heterocycles. The second-order valence-corrected chi connectivity index (χ2v) is 10.3. The number of nitrogens with one attached hydrogen (secondary N) is 2. The Labute approximate surface area is 191 Å². The molecule has 170 valence electrons. The second-order valence-electron chi connectivity index (χ2n) is 9.22. The van der Waals surface area contributed by atoms with Crippen molar-refractivity contribution in [1.29, 1.82) is 0 Å². The summed E-state index contributed by atoms with van der Waals surface area (Å²) < 4.78 is 11.5. The Morgan fingerprint density at radius 3 is 2.28 bits per heavy atom. The average Bonchev–Trinajstić information content (AvgIpc) is 3.07. The Morgan fingerprint density at radius 2 is 1.66 bits per heavy atom. The Hall–Kier alpha value is -3.20. The number of benzene rings is 1. The van der Waals surface area contributed by atoms with E-state index in [-0.39, 0.29) is 6.54 Å². The number of thiazole rings is 1. The summed E-state index contributed by atoms with van der Waals surface area (Å²) in [4.78, 5) is 32.8. The molecule has 0 unspecified atom stereocenters. The van der Waals surface area contributed by atoms with E-state index < -0.39 is 23.4 Å². The van der Waals surface area contributed by atoms with Crippen LogP contribution in [0, 0.1) is 0 Å². The first kappa shape index (κ1) is 23.5. The van der Waals surface area contributed by atoms with E-state index in [4.69, 9.17) is 9.47 Å². The van der Waals surface area contributed by atoms with Crippen molar-refractivity contribution >= 4 is 39.4 Å². The fourth-order valence-corrected chi connectivity index (χ4v) is 3.67. The second kappa shape index (κ2) is 9.12. The molecule has 2 heterocycles. The summed E-state index contributed by atoms with van der Waals surface area (Å²) in [7, 11) is 0. The van der Waals surface area contributed by atoms with Crippen molar-refractivity contribution < 1.29 is 19.1 Å². The van der Waals surface area contributed by atoms with E-state index in [2.05, 4.69) is 20.6 Å². The zero-order chi connectivity index (χ0) is 23.5. The molecule has 0 spiro atoms. The molecule has 2 amide bonds. The third kappa shape index (κ3) is 6.91. The van der Waals surface area contributed by atoms with E-state index >= 15 is 0 Å². The van der Waals surface area contributed by atoms with Gasteiger partial charge in [-0.05, 0) is 71.9 Å². The van der Waals surface area contributed by atoms with Crippen LogP contribution in [-0.4, -0.2) is 33.4 Å². The molecule has 0 saturated carbocycles. The number of ether oxygens (including phenoxy) is 2. The summed E-state index contributed by atoms with van der Waals surface area (Å²) >= 11 is 1.50. The maximum Gasteiger partial charge on any atom is 0.412 e. The van der Waals surface area contributed by atoms with E-state index in [9.17, 15) is 9.59 Å². The van der Waals surface area contributed by atoms with Gasteiger partial charge < -0.3 is 14.8 Å². The first-order chi connectivity index (χ1) is 14.9. The van der Waals surface area contributed by atoms with Crippen LogP contribution in [0.25, 0.3) is 20.8 Å². The summed E-state index contributed by atoms with van der Waals surface area (Å²) in [5.74, 6) is 0. The summed E-state index contributed by atoms with van der Waals surface area (Å²) in [5.41, 5.74) is 1.95. The van der Waals surface area contributed by atoms with Gasteiger partial charge in [0.15, 0.2) is 0 Å². The minimum absolute atomic E-state index is 0.273. The molecule has 0 saturated heterocycles. The molecule has 2 N–H and O–H groups in total. The van der Waals surface area contributed by atoms with Gasteiger partial charge in [-0.15, -0.1) is 11.3 Å². The van der Waals surface area contributed by atoms with E-state index in [0.29, 0.717) is 11.4 Å². The number of alkyl carbamates (subject to hydrolysis) is 1. The molecule has 3 rings (SSSR count). The van der Waals surface area contributed by atoms with E-state index in [1.165, 1.54) is 11.3 Å². The lowest BCUT2D eigenvalue weighted by molar-refractivity contribution is 0.0522. The molecule has 3 aromatic rings. The maximum absolute atomic E-state index is 12.0. The fourth-order valence-electron chi connectivity index (χ4n) is 2.68. The first-order valence-corrected chi connectivity index (χ1v) is 11.0. The smallest absolute Gasteiger partial charge is 0.412 e. The number of pyridine rings is 1. The molecule has 0 aliphatic carbocycles. The maximum atomic E-state index is 12.0. The number of aromatic nitrogens is 2. The van der Waals surface area contributed by atoms with Crippen LogP contribution in [0.2, 0.25) is 0 Å². The number of hydrogen-bond donors (Lipinski definition) is 2. The van der Waals surface area contributed by atoms with Crippen LogP contribution in [0.1, 0.15) is 47.2 Å². The van der Waals surface area contributed by atoms with Gasteiger partial charge in [0, 0.05) is 17.4 Å². The van der Waals surface area contributed by atoms with E-state index in [1.807, 2.05) is 65.8 Å². The zero-order valence-corrected chi connectivity index (χ0v) is 19.9. The summed E-state index contributed by atoms with van der Waals surface area (Å²) in [6.07, 6.45) is 0.746. The highest BCUT2D eigenvalue weighted by molar-refractivity contribution is 7.21. The van der Waals surface area contributed by atoms with Crippen LogP contribution in [0.4, 0.5) is 15.3 Å². The van der Waals surface area contributed by atoms with Crippen LogP contribution in [0.15, 0.2) is 36.5 Å². The predicted octanol–water partition coefficient (Wildman–Crippen LogP) is 5.73. The van der Waals surface area contributed by atoms with Gasteiger partial charge in [0.25, 0.3) is 0 Å². The molecule has 8 nitrogen and oxygen atoms in total. The monoisotopic (exact) mass is 456 g/mol. The third-order valence-corrected chi connectivity index (χ3v) is 4.99. The predicted molar refractivity (Wildman–Crippen MR) is 126 cm³/mol. The molecule has 0 fully saturated rings. The van der Waals surface area contributed by atoms with E-state index in [1.54, 1.807) is 12.3 Å². The van der Waals surface area contributed by atoms with Crippen molar-refractivity contribution in [1.82, 2.24) is 15.3 Å². The normalized spacial score (nSPS) is 11.8. The summed E-state index contributed by atoms with van der Waals surface area (Å²) in [6.45, 7) is 11.2. The van der Waals surface area contributed by atoms with Gasteiger partial charge in [-0.25, -0.2) is 14.6 Å². The first-order valence-electron chi connectivity index (χ1n) is 10.2. The molecule has 0 radical (unpaired) electrons. The molecule has 0 atom stereocenters. The number of hydrogen-bond acceptors (Lipinski definition) is 7. The number of nitrogens with zero attached hydrogens (tertiary/aromatic N) is 2. The lowest BCUT2D eigenvalue weighted by Crippen LogP contribution is -2.32. The van der Waals surface area contributed by atoms with Crippen LogP contribution < -0.4 is 10.6 Å². The van der Waals surface area contributed by atoms with Gasteiger partial charge in [-0.3, -0.25) is 10.3 Å². The van der Waals surface area contributed by atoms with Crippen LogP contribution in [-0.2, 0) is 16.0 Å². The van der Waals surface area contributed by atoms with Crippen molar-refractivity contribution in [2.75, 3.05) is 5.32 Å². The van der Waals surface area contributed by atoms with Gasteiger partial charge in [0.2, 0.25) is 0 Å². The lowest BCUT2D eigenvalue weighted by atomic mass is 10.2. The minimum Gasteiger partial charge on any atom is -0.444 e. The molecule has 32 heavy (non-hydrogen) atoms. The zero-order valence-electron chi connectivity index (χ0n) is 19.1. The topological polar surface area (TPSA) is 102 Å². The average molecular weight is 457 g/mol. The summed E-state index contributed by atoms with van der Waals surface area (Å²) in [6, 6.07) is 9.27. The van der Waals surface area contributed by atoms with Gasteiger partial charge in [0.1, 0.15) is 16.2 Å². The third-order valence-electron chi connectivity index (χ3n) is 3.92. The standard InChI is InChI=1S/C23H28N4O4S/c1-22(2,3)30-20(28)25-13-16-8-7-14(12-24-16)19-27-17-10-9-15(11-18(17)32-19)26-21(29)31-23(4,5)6/h7-12H,13H2,1-6H3,(H,25,28)(H,26,29). The van der Waals surface area contributed by atoms with Gasteiger partial charge in [0.05, 0.1) is 22.5 Å². The molecule has 0 aliphatic rings. The summed E-state index contributed by atoms with van der Waals surface area (Å²) in [5, 5.41) is 6.25. The van der Waals surface area contributed by atoms with Crippen LogP contribution in [0.5, 0.6) is 0 Å². The Kier molecular flexibility index (Phi) is 6.68. The Balaban J connectivity index is 1.66. The molecular formula is C23H28N4O4S. The van der Waals surface area contributed by atoms with Crippen LogP contribution in [0.3, 0.4) is 0 Å². The number of anilines is 1. The van der Waals surface area contributed by atoms with Crippen molar-refractivity contribution in [3.63, 3.8) is 0 Å². The largest absolute Gasteiger partial charge is 0.444 e. The highest BCUT2D eigenvalue weighted by atomic mass is 32.1. The quantitative estimate of drug-likeness (QED) is 0.520. The highest BCUT2D eigenvalue weighted by Crippen LogP contribution is 2.31. The number of amides is 2. The molecule has 0 aliphatic heterocycles. The molecule has 1 aromatic carbocycles. The number of carbonyl (C=O) groups excluding carboxylic acids is 2. The van der Waals surface area contributed by atoms with Gasteiger partial charge in [-0.2, -0.15) is 0 Å². The van der Waals surface area contributed by atoms with Crippen molar-refractivity contribution in [3.8, 4) is 10.6 Å². The van der Waals surface area contributed by atoms with Gasteiger partial charge in [-0.1, -0.05) is 0 Å². The van der Waals surface area contributed by atoms with E-state index in [0.717, 1.165) is 20.8 Å². The lowest BCUT2D eigenvalue weighted by Gasteiger charge is -2.19. The SMILES string of the molecule is CC(C)(C)OC(=O)NCc1ccc(-c2nc3ccc(NC(=O)OC(C)(C)C)cc3s2)cn1. The number of fused-ring (bicyclic) bond motifs is 1. The minimum atomic E-state index is -0.562. The Bertz CT molecular complexity index is 1110. The molecular weight excluding hydrogens is 428 g/mol. The molecule has 9 heteroatoms. The van der Waals surface area contributed by atoms with Crippen LogP contribution >= 0.6 is 11.3 Å². The highest BCUT2D eigenvalue weighted by Gasteiger charge is 2.17. The fraction of sp³-hybridized carbons (Fsp3) is 0.391. The Morgan fingerprint density at radius 1 is 0.969 bits per heavy atom. The number of rotatable bonds is 4. The molecule has 0 bridgehead atoms.